The number of aryl methyl sites for hydroxylation is 2. The van der Waals surface area contributed by atoms with Crippen LogP contribution in [0.3, 0.4) is 0 Å². The molecule has 7 aromatic carbocycles. The molecule has 0 saturated carbocycles. The van der Waals surface area contributed by atoms with Crippen LogP contribution in [0.4, 0.5) is 22.7 Å². The first-order valence-electron chi connectivity index (χ1n) is 21.9. The minimum atomic E-state index is 0.0526. The SMILES string of the molecule is Cc1ccc(-c2nc(-c3ccc(C)cc3)nc(-c3cc4c5ccccc5n(-c5ccccn5)c4cc3Oc3cccc([N+]4=C=[N+](c5ccc(C(C)(C)C)cc5)c5ccccc54)c3)n2)cc1. The van der Waals surface area contributed by atoms with Gasteiger partial charge in [0.15, 0.2) is 17.5 Å². The van der Waals surface area contributed by atoms with Gasteiger partial charge >= 0.3 is 6.01 Å². The van der Waals surface area contributed by atoms with Crippen LogP contribution in [0.2, 0.25) is 0 Å². The smallest absolute Gasteiger partial charge is 0.456 e. The topological polar surface area (TPSA) is 71.7 Å². The highest BCUT2D eigenvalue weighted by molar-refractivity contribution is 6.11. The predicted molar refractivity (Wildman–Crippen MR) is 264 cm³/mol. The lowest BCUT2D eigenvalue weighted by atomic mass is 9.87. The summed E-state index contributed by atoms with van der Waals surface area (Å²) < 4.78 is 13.5. The third kappa shape index (κ3) is 7.36. The molecule has 0 spiro atoms. The maximum atomic E-state index is 7.12. The van der Waals surface area contributed by atoms with Crippen molar-refractivity contribution in [1.82, 2.24) is 33.7 Å². The zero-order valence-corrected chi connectivity index (χ0v) is 36.9. The largest absolute Gasteiger partial charge is 0.503 e. The van der Waals surface area contributed by atoms with Crippen LogP contribution in [0.1, 0.15) is 37.5 Å². The second-order valence-electron chi connectivity index (χ2n) is 17.6. The second kappa shape index (κ2) is 15.8. The number of hydrogen-bond acceptors (Lipinski definition) is 5. The van der Waals surface area contributed by atoms with E-state index in [0.717, 1.165) is 78.2 Å². The molecule has 1 aliphatic heterocycles. The standard InChI is InChI=1S/C57H45N7O/c1-37-20-24-39(25-21-37)54-59-55(40-26-22-38(2)23-27-40)61-56(60-54)47-34-46-45-15-6-7-16-48(45)64(53-19-10-11-32-58-53)51(46)35-52(47)65-44-14-12-13-43(33-44)63-36-62(49-17-8-9-18-50(49)63)42-30-28-41(29-31-42)57(3,4)5/h6-35H,1-5H3/q+2. The number of benzene rings is 7. The Labute approximate surface area is 377 Å². The Hall–Kier alpha value is -8.32. The number of ether oxygens (including phenoxy) is 1. The molecule has 11 rings (SSSR count). The monoisotopic (exact) mass is 843 g/mol. The van der Waals surface area contributed by atoms with Crippen LogP contribution in [0.15, 0.2) is 182 Å². The van der Waals surface area contributed by atoms with Crippen molar-refractivity contribution in [3.8, 4) is 51.5 Å². The van der Waals surface area contributed by atoms with Crippen molar-refractivity contribution in [1.29, 1.82) is 0 Å². The van der Waals surface area contributed by atoms with E-state index in [4.69, 9.17) is 24.7 Å². The first-order valence-corrected chi connectivity index (χ1v) is 21.9. The van der Waals surface area contributed by atoms with Crippen LogP contribution in [-0.4, -0.2) is 30.5 Å². The summed E-state index contributed by atoms with van der Waals surface area (Å²) in [6.07, 6.45) is 1.82. The molecule has 0 saturated heterocycles. The molecule has 8 heteroatoms. The van der Waals surface area contributed by atoms with Crippen molar-refractivity contribution in [2.24, 2.45) is 0 Å². The van der Waals surface area contributed by atoms with Gasteiger partial charge in [-0.15, -0.1) is 0 Å². The molecular formula is C57H45N7O+2. The Morgan fingerprint density at radius 2 is 1.14 bits per heavy atom. The molecular weight excluding hydrogens is 799 g/mol. The number of rotatable bonds is 8. The number of para-hydroxylation sites is 3. The molecule has 0 bridgehead atoms. The van der Waals surface area contributed by atoms with Crippen molar-refractivity contribution >= 4 is 50.6 Å². The van der Waals surface area contributed by atoms with Gasteiger partial charge < -0.3 is 4.74 Å². The second-order valence-corrected chi connectivity index (χ2v) is 17.6. The molecule has 1 aliphatic rings. The quantitative estimate of drug-likeness (QED) is 0.143. The number of fused-ring (bicyclic) bond motifs is 4. The van der Waals surface area contributed by atoms with Crippen molar-refractivity contribution in [3.63, 3.8) is 0 Å². The minimum absolute atomic E-state index is 0.0526. The summed E-state index contributed by atoms with van der Waals surface area (Å²) >= 11 is 0. The summed E-state index contributed by atoms with van der Waals surface area (Å²) in [5, 5.41) is 2.09. The number of pyridine rings is 1. The zero-order chi connectivity index (χ0) is 44.2. The molecule has 8 nitrogen and oxygen atoms in total. The molecule has 0 amide bonds. The average molecular weight is 844 g/mol. The normalized spacial score (nSPS) is 12.3. The lowest BCUT2D eigenvalue weighted by Gasteiger charge is -2.18. The molecule has 0 unspecified atom stereocenters. The highest BCUT2D eigenvalue weighted by Crippen LogP contribution is 2.43. The summed E-state index contributed by atoms with van der Waals surface area (Å²) in [6.45, 7) is 10.9. The van der Waals surface area contributed by atoms with Crippen LogP contribution in [0.25, 0.3) is 61.8 Å². The van der Waals surface area contributed by atoms with Gasteiger partial charge in [0.05, 0.1) is 22.7 Å². The van der Waals surface area contributed by atoms with Gasteiger partial charge in [-0.05, 0) is 64.3 Å². The van der Waals surface area contributed by atoms with Gasteiger partial charge in [-0.25, -0.2) is 19.9 Å². The van der Waals surface area contributed by atoms with E-state index in [1.807, 2.05) is 36.5 Å². The summed E-state index contributed by atoms with van der Waals surface area (Å²) in [4.78, 5) is 20.3. The van der Waals surface area contributed by atoms with E-state index < -0.39 is 0 Å². The van der Waals surface area contributed by atoms with Crippen molar-refractivity contribution in [2.45, 2.75) is 40.0 Å². The Morgan fingerprint density at radius 3 is 1.78 bits per heavy atom. The maximum absolute atomic E-state index is 7.12. The molecule has 3 aromatic heterocycles. The lowest BCUT2D eigenvalue weighted by Crippen LogP contribution is -2.11. The fraction of sp³-hybridized carbons (Fsp3) is 0.105. The van der Waals surface area contributed by atoms with Crippen molar-refractivity contribution in [2.75, 3.05) is 0 Å². The van der Waals surface area contributed by atoms with Gasteiger partial charge in [0.2, 0.25) is 11.4 Å². The third-order valence-electron chi connectivity index (χ3n) is 12.0. The Balaban J connectivity index is 1.11. The lowest BCUT2D eigenvalue weighted by molar-refractivity contribution is 0.484. The Kier molecular flexibility index (Phi) is 9.60. The number of nitrogens with zero attached hydrogens (tertiary/aromatic N) is 7. The van der Waals surface area contributed by atoms with Crippen molar-refractivity contribution < 1.29 is 4.74 Å². The maximum Gasteiger partial charge on any atom is 0.503 e. The fourth-order valence-electron chi connectivity index (χ4n) is 8.52. The molecule has 4 heterocycles. The first kappa shape index (κ1) is 39.5. The molecule has 0 N–H and O–H groups in total. The summed E-state index contributed by atoms with van der Waals surface area (Å²) in [7, 11) is 0. The fourth-order valence-corrected chi connectivity index (χ4v) is 8.52. The summed E-state index contributed by atoms with van der Waals surface area (Å²) in [5.41, 5.74) is 12.1. The van der Waals surface area contributed by atoms with Gasteiger partial charge in [-0.3, -0.25) is 4.57 Å². The number of aromatic nitrogens is 5. The average Bonchev–Trinajstić information content (AvgIpc) is 3.88. The summed E-state index contributed by atoms with van der Waals surface area (Å²) in [6, 6.07) is 64.2. The van der Waals surface area contributed by atoms with Crippen LogP contribution >= 0.6 is 0 Å². The van der Waals surface area contributed by atoms with Crippen LogP contribution in [0, 0.1) is 13.8 Å². The highest BCUT2D eigenvalue weighted by atomic mass is 16.5. The van der Waals surface area contributed by atoms with E-state index in [1.165, 1.54) is 5.56 Å². The molecule has 65 heavy (non-hydrogen) atoms. The van der Waals surface area contributed by atoms with Gasteiger partial charge in [0.1, 0.15) is 17.3 Å². The Bertz CT molecular complexity index is 3460. The zero-order valence-electron chi connectivity index (χ0n) is 36.9. The van der Waals surface area contributed by atoms with Gasteiger partial charge in [-0.1, -0.05) is 135 Å². The molecule has 10 aromatic rings. The minimum Gasteiger partial charge on any atom is -0.456 e. The Morgan fingerprint density at radius 1 is 0.523 bits per heavy atom. The van der Waals surface area contributed by atoms with Crippen LogP contribution in [0.5, 0.6) is 11.5 Å². The van der Waals surface area contributed by atoms with E-state index in [-0.39, 0.29) is 5.41 Å². The predicted octanol–water partition coefficient (Wildman–Crippen LogP) is 13.9. The van der Waals surface area contributed by atoms with E-state index >= 15 is 0 Å². The highest BCUT2D eigenvalue weighted by Gasteiger charge is 2.36. The van der Waals surface area contributed by atoms with E-state index in [2.05, 4.69) is 200 Å². The first-order chi connectivity index (χ1) is 31.6. The van der Waals surface area contributed by atoms with Crippen LogP contribution < -0.4 is 13.9 Å². The molecule has 0 atom stereocenters. The molecule has 312 valence electrons. The van der Waals surface area contributed by atoms with E-state index in [9.17, 15) is 0 Å². The van der Waals surface area contributed by atoms with Gasteiger partial charge in [0.25, 0.3) is 11.4 Å². The molecule has 0 aliphatic carbocycles. The third-order valence-corrected chi connectivity index (χ3v) is 12.0. The van der Waals surface area contributed by atoms with Crippen molar-refractivity contribution in [3.05, 3.63) is 199 Å². The van der Waals surface area contributed by atoms with E-state index in [0.29, 0.717) is 29.0 Å². The molecule has 0 fully saturated rings. The molecule has 0 radical (unpaired) electrons. The van der Waals surface area contributed by atoms with Gasteiger partial charge in [-0.2, -0.15) is 0 Å². The van der Waals surface area contributed by atoms with Gasteiger partial charge in [0, 0.05) is 64.5 Å². The van der Waals surface area contributed by atoms with Crippen LogP contribution in [-0.2, 0) is 5.41 Å². The number of hydrogen-bond donors (Lipinski definition) is 0. The van der Waals surface area contributed by atoms with E-state index in [1.54, 1.807) is 0 Å². The summed E-state index contributed by atoms with van der Waals surface area (Å²) in [5.74, 6) is 3.68.